The molecule has 0 unspecified atom stereocenters. The molecule has 1 N–H and O–H groups in total. The second-order valence-corrected chi connectivity index (χ2v) is 9.14. The van der Waals surface area contributed by atoms with Crippen molar-refractivity contribution < 1.29 is 31.1 Å². The summed E-state index contributed by atoms with van der Waals surface area (Å²) in [5, 5.41) is 11.1. The van der Waals surface area contributed by atoms with E-state index in [1.807, 2.05) is 30.3 Å². The Morgan fingerprint density at radius 2 is 1.59 bits per heavy atom. The summed E-state index contributed by atoms with van der Waals surface area (Å²) in [6.07, 6.45) is -1.02. The van der Waals surface area contributed by atoms with Crippen molar-refractivity contribution in [2.45, 2.75) is 49.3 Å². The van der Waals surface area contributed by atoms with Crippen LogP contribution in [0.4, 0.5) is 26.3 Å². The number of halogens is 6. The Hall–Kier alpha value is -3.36. The van der Waals surface area contributed by atoms with Crippen LogP contribution >= 0.6 is 0 Å². The molecule has 0 amide bonds. The molecule has 1 saturated heterocycles. The Labute approximate surface area is 209 Å². The van der Waals surface area contributed by atoms with E-state index in [-0.39, 0.29) is 18.2 Å². The molecule has 3 atom stereocenters. The second-order valence-electron chi connectivity index (χ2n) is 9.14. The van der Waals surface area contributed by atoms with Crippen molar-refractivity contribution in [3.8, 4) is 12.3 Å². The Morgan fingerprint density at radius 3 is 2.08 bits per heavy atom. The van der Waals surface area contributed by atoms with Crippen molar-refractivity contribution in [3.63, 3.8) is 0 Å². The van der Waals surface area contributed by atoms with Crippen molar-refractivity contribution >= 4 is 0 Å². The van der Waals surface area contributed by atoms with Crippen molar-refractivity contribution in [2.24, 2.45) is 0 Å². The van der Waals surface area contributed by atoms with E-state index in [2.05, 4.69) is 21.4 Å². The maximum Gasteiger partial charge on any atom is 0.416 e. The topological polar surface area (TPSA) is 52.0 Å². The van der Waals surface area contributed by atoms with E-state index in [4.69, 9.17) is 11.2 Å². The van der Waals surface area contributed by atoms with Gasteiger partial charge in [-0.2, -0.15) is 26.3 Å². The van der Waals surface area contributed by atoms with Gasteiger partial charge in [-0.3, -0.25) is 0 Å². The predicted molar refractivity (Wildman–Crippen MR) is 123 cm³/mol. The van der Waals surface area contributed by atoms with E-state index in [0.29, 0.717) is 31.5 Å². The fraction of sp³-hybridized carbons (Fsp3) is 0.385. The first-order chi connectivity index (χ1) is 17.4. The molecule has 196 valence electrons. The summed E-state index contributed by atoms with van der Waals surface area (Å²) in [6.45, 7) is 1.73. The van der Waals surface area contributed by atoms with E-state index in [1.54, 1.807) is 4.57 Å². The van der Waals surface area contributed by atoms with Crippen LogP contribution in [0.5, 0.6) is 0 Å². The van der Waals surface area contributed by atoms with E-state index < -0.39 is 40.7 Å². The summed E-state index contributed by atoms with van der Waals surface area (Å²) in [5.41, 5.74) is -3.64. The number of ether oxygens (including phenoxy) is 1. The van der Waals surface area contributed by atoms with E-state index in [1.165, 1.54) is 19.6 Å². The number of aromatic nitrogens is 3. The lowest BCUT2D eigenvalue weighted by Gasteiger charge is -2.46. The molecule has 1 aliphatic heterocycles. The van der Waals surface area contributed by atoms with E-state index >= 15 is 0 Å². The van der Waals surface area contributed by atoms with Crippen LogP contribution in [-0.4, -0.2) is 27.9 Å². The molecule has 5 nitrogen and oxygen atoms in total. The first-order valence-electron chi connectivity index (χ1n) is 11.4. The molecule has 0 radical (unpaired) electrons. The number of terminal acetylenes is 1. The third-order valence-corrected chi connectivity index (χ3v) is 6.85. The third-order valence-electron chi connectivity index (χ3n) is 6.85. The van der Waals surface area contributed by atoms with Crippen LogP contribution in [-0.2, 0) is 28.2 Å². The number of alkyl halides is 6. The Kier molecular flexibility index (Phi) is 7.10. The molecule has 1 aliphatic rings. The van der Waals surface area contributed by atoms with Crippen molar-refractivity contribution in [3.05, 3.63) is 83.4 Å². The zero-order chi connectivity index (χ0) is 26.9. The van der Waals surface area contributed by atoms with Gasteiger partial charge >= 0.3 is 12.4 Å². The second kappa shape index (κ2) is 9.84. The van der Waals surface area contributed by atoms with Crippen molar-refractivity contribution in [2.75, 3.05) is 13.2 Å². The van der Waals surface area contributed by atoms with Gasteiger partial charge in [-0.25, -0.2) is 0 Å². The van der Waals surface area contributed by atoms with Gasteiger partial charge in [0, 0.05) is 6.54 Å². The van der Waals surface area contributed by atoms with E-state index in [0.717, 1.165) is 5.56 Å². The molecule has 0 saturated carbocycles. The third kappa shape index (κ3) is 5.50. The van der Waals surface area contributed by atoms with Gasteiger partial charge < -0.3 is 14.6 Å². The monoisotopic (exact) mass is 522 g/mol. The largest absolute Gasteiger partial charge is 0.416 e. The molecule has 0 spiro atoms. The van der Waals surface area contributed by atoms with Gasteiger partial charge in [-0.1, -0.05) is 36.3 Å². The fourth-order valence-corrected chi connectivity index (χ4v) is 4.54. The number of nitrogens with zero attached hydrogens (tertiary/aromatic N) is 3. The van der Waals surface area contributed by atoms with Gasteiger partial charge in [0.25, 0.3) is 0 Å². The van der Waals surface area contributed by atoms with Crippen molar-refractivity contribution in [1.82, 2.24) is 20.1 Å². The minimum atomic E-state index is -4.94. The van der Waals surface area contributed by atoms with Crippen LogP contribution in [0.2, 0.25) is 0 Å². The van der Waals surface area contributed by atoms with Crippen LogP contribution in [0.1, 0.15) is 48.1 Å². The Balaban J connectivity index is 1.61. The minimum absolute atomic E-state index is 0.0153. The quantitative estimate of drug-likeness (QED) is 0.333. The van der Waals surface area contributed by atoms with Crippen molar-refractivity contribution in [1.29, 1.82) is 0 Å². The van der Waals surface area contributed by atoms with Gasteiger partial charge in [0.15, 0.2) is 0 Å². The highest BCUT2D eigenvalue weighted by molar-refractivity contribution is 5.35. The molecule has 0 bridgehead atoms. The summed E-state index contributed by atoms with van der Waals surface area (Å²) in [5.74, 6) is 2.81. The normalized spacial score (nSPS) is 23.4. The van der Waals surface area contributed by atoms with Gasteiger partial charge in [0.1, 0.15) is 18.2 Å². The van der Waals surface area contributed by atoms with Gasteiger partial charge in [0.05, 0.1) is 29.4 Å². The lowest BCUT2D eigenvalue weighted by Crippen LogP contribution is -2.58. The molecule has 2 aromatic carbocycles. The zero-order valence-electron chi connectivity index (χ0n) is 19.8. The maximum absolute atomic E-state index is 13.3. The molecule has 0 aliphatic carbocycles. The van der Waals surface area contributed by atoms with Crippen LogP contribution in [0.3, 0.4) is 0 Å². The molecular formula is C26H24F6N4O. The van der Waals surface area contributed by atoms with Crippen LogP contribution in [0, 0.1) is 12.3 Å². The predicted octanol–water partition coefficient (Wildman–Crippen LogP) is 5.70. The lowest BCUT2D eigenvalue weighted by atomic mass is 9.76. The molecular weight excluding hydrogens is 498 g/mol. The smallest absolute Gasteiger partial charge is 0.372 e. The molecule has 37 heavy (non-hydrogen) atoms. The highest BCUT2D eigenvalue weighted by atomic mass is 19.4. The number of rotatable bonds is 6. The molecule has 3 aromatic rings. The molecule has 4 rings (SSSR count). The van der Waals surface area contributed by atoms with Gasteiger partial charge in [-0.15, -0.1) is 16.6 Å². The average Bonchev–Trinajstić information content (AvgIpc) is 3.43. The first kappa shape index (κ1) is 26.7. The van der Waals surface area contributed by atoms with Crippen LogP contribution in [0.15, 0.2) is 61.2 Å². The molecule has 2 heterocycles. The Morgan fingerprint density at radius 1 is 1.00 bits per heavy atom. The van der Waals surface area contributed by atoms with Crippen LogP contribution < -0.4 is 5.32 Å². The van der Waals surface area contributed by atoms with Gasteiger partial charge in [-0.05, 0) is 49.1 Å². The molecule has 1 fully saturated rings. The highest BCUT2D eigenvalue weighted by Crippen LogP contribution is 2.40. The number of benzene rings is 2. The number of nitrogens with one attached hydrogen (secondary N) is 1. The fourth-order valence-electron chi connectivity index (χ4n) is 4.54. The van der Waals surface area contributed by atoms with Gasteiger partial charge in [0.2, 0.25) is 0 Å². The number of hydrogen-bond donors (Lipinski definition) is 1. The average molecular weight is 522 g/mol. The minimum Gasteiger partial charge on any atom is -0.372 e. The maximum atomic E-state index is 13.3. The lowest BCUT2D eigenvalue weighted by molar-refractivity contribution is -0.143. The Bertz CT molecular complexity index is 1210. The molecule has 1 aromatic heterocycles. The summed E-state index contributed by atoms with van der Waals surface area (Å²) < 4.78 is 87.7. The number of piperidine rings is 1. The first-order valence-corrected chi connectivity index (χ1v) is 11.4. The standard InChI is InChI=1S/C26H24F6N4O/c1-3-23(36-16-34-35-17-36)9-10-24(33-14-23,20-7-5-4-6-8-20)15-37-18(2)19-11-21(25(27,28)29)13-22(12-19)26(30,31)32/h1,4-8,11-13,16-18,33H,9-10,14-15H2,2H3/t18-,23+,24-/m1/s1. The SMILES string of the molecule is C#C[C@]1(n2cnnc2)CC[C@@](CO[C@H](C)c2cc(C(F)(F)F)cc(C(F)(F)F)c2)(c2ccccc2)NC1. The summed E-state index contributed by atoms with van der Waals surface area (Å²) in [6, 6.07) is 10.8. The summed E-state index contributed by atoms with van der Waals surface area (Å²) in [4.78, 5) is 0. The summed E-state index contributed by atoms with van der Waals surface area (Å²) in [7, 11) is 0. The van der Waals surface area contributed by atoms with Crippen LogP contribution in [0.25, 0.3) is 0 Å². The number of hydrogen-bond acceptors (Lipinski definition) is 4. The zero-order valence-corrected chi connectivity index (χ0v) is 19.8. The van der Waals surface area contributed by atoms with E-state index in [9.17, 15) is 26.3 Å². The summed E-state index contributed by atoms with van der Waals surface area (Å²) >= 11 is 0. The molecule has 11 heteroatoms. The highest BCUT2D eigenvalue weighted by Gasteiger charge is 2.44.